The Labute approximate surface area is 167 Å². The molecule has 1 unspecified atom stereocenters. The summed E-state index contributed by atoms with van der Waals surface area (Å²) >= 11 is 0. The van der Waals surface area contributed by atoms with Crippen LogP contribution in [0.2, 0.25) is 0 Å². The maximum atomic E-state index is 11.9. The highest BCUT2D eigenvalue weighted by molar-refractivity contribution is 7.52. The number of likely N-dealkylation sites (N-methyl/N-ethyl adjacent to an activating group) is 1. The second-order valence-electron chi connectivity index (χ2n) is 8.70. The van der Waals surface area contributed by atoms with Crippen LogP contribution in [0.1, 0.15) is 77.6 Å². The molecular weight excluding hydrogens is 361 g/mol. The molecule has 0 rings (SSSR count). The second kappa shape index (κ2) is 14.5. The van der Waals surface area contributed by atoms with E-state index in [-0.39, 0.29) is 11.9 Å². The van der Waals surface area contributed by atoms with Gasteiger partial charge < -0.3 is 13.9 Å². The summed E-state index contributed by atoms with van der Waals surface area (Å²) < 4.78 is 17.9. The zero-order chi connectivity index (χ0) is 20.8. The van der Waals surface area contributed by atoms with E-state index in [1.165, 1.54) is 32.1 Å². The van der Waals surface area contributed by atoms with Crippen molar-refractivity contribution in [1.29, 1.82) is 0 Å². The van der Waals surface area contributed by atoms with Gasteiger partial charge in [-0.3, -0.25) is 9.36 Å². The first-order chi connectivity index (χ1) is 12.5. The largest absolute Gasteiger partial charge is 0.329 e. The van der Waals surface area contributed by atoms with Crippen LogP contribution in [0, 0.1) is 0 Å². The third-order valence-electron chi connectivity index (χ3n) is 4.63. The Balaban J connectivity index is 3.43. The van der Waals surface area contributed by atoms with E-state index in [0.29, 0.717) is 18.6 Å². The number of ketones is 1. The molecule has 160 valence electrons. The van der Waals surface area contributed by atoms with Gasteiger partial charge in [0.15, 0.2) is 5.78 Å². The molecule has 0 amide bonds. The lowest BCUT2D eigenvalue weighted by Gasteiger charge is -2.24. The van der Waals surface area contributed by atoms with E-state index in [1.54, 1.807) is 6.92 Å². The average molecular weight is 405 g/mol. The first-order valence-corrected chi connectivity index (χ1v) is 12.3. The number of Topliss-reactive ketones (excluding diaryl/α,β-unsaturated/α-hetero) is 1. The highest BCUT2D eigenvalue weighted by atomic mass is 31.2. The molecule has 0 radical (unpaired) electrons. The van der Waals surface area contributed by atoms with Crippen molar-refractivity contribution in [1.82, 2.24) is 0 Å². The molecule has 1 N–H and O–H groups in total. The molecule has 0 saturated carbocycles. The standard InChI is InChI=1S/C21H42NO4P/c1-20(2)21(23)16-14-12-10-8-6-7-9-11-13-15-19-27(24,25)26-18-17-22(3,4)5/h1,6-19H2,2-5H3/p+1. The van der Waals surface area contributed by atoms with Crippen LogP contribution >= 0.6 is 7.60 Å². The normalized spacial score (nSPS) is 14.1. The van der Waals surface area contributed by atoms with E-state index in [9.17, 15) is 14.3 Å². The average Bonchev–Trinajstić information content (AvgIpc) is 2.53. The van der Waals surface area contributed by atoms with Gasteiger partial charge in [-0.2, -0.15) is 0 Å². The van der Waals surface area contributed by atoms with E-state index in [2.05, 4.69) is 6.58 Å². The molecular formula is C21H43NO4P+. The summed E-state index contributed by atoms with van der Waals surface area (Å²) in [4.78, 5) is 21.2. The molecule has 0 aliphatic rings. The summed E-state index contributed by atoms with van der Waals surface area (Å²) in [5.74, 6) is 0.196. The first-order valence-electron chi connectivity index (χ1n) is 10.5. The first kappa shape index (κ1) is 26.5. The van der Waals surface area contributed by atoms with Gasteiger partial charge in [-0.15, -0.1) is 0 Å². The Hall–Kier alpha value is -0.480. The molecule has 0 aliphatic heterocycles. The number of carbonyl (C=O) groups excluding carboxylic acids is 1. The van der Waals surface area contributed by atoms with Gasteiger partial charge in [0.05, 0.1) is 21.1 Å². The van der Waals surface area contributed by atoms with Crippen LogP contribution in [0.5, 0.6) is 0 Å². The number of rotatable bonds is 18. The Morgan fingerprint density at radius 3 is 1.81 bits per heavy atom. The van der Waals surface area contributed by atoms with Crippen molar-refractivity contribution >= 4 is 13.4 Å². The molecule has 0 aromatic carbocycles. The summed E-state index contributed by atoms with van der Waals surface area (Å²) in [6, 6.07) is 0. The minimum atomic E-state index is -3.41. The monoisotopic (exact) mass is 404 g/mol. The van der Waals surface area contributed by atoms with Crippen molar-refractivity contribution in [2.24, 2.45) is 0 Å². The van der Waals surface area contributed by atoms with E-state index in [4.69, 9.17) is 4.52 Å². The Morgan fingerprint density at radius 1 is 0.926 bits per heavy atom. The fraction of sp³-hybridized carbons (Fsp3) is 0.857. The lowest BCUT2D eigenvalue weighted by atomic mass is 10.0. The third-order valence-corrected chi connectivity index (χ3v) is 6.09. The smallest absolute Gasteiger partial charge is 0.328 e. The van der Waals surface area contributed by atoms with E-state index < -0.39 is 7.60 Å². The maximum Gasteiger partial charge on any atom is 0.328 e. The highest BCUT2D eigenvalue weighted by Crippen LogP contribution is 2.42. The quantitative estimate of drug-likeness (QED) is 0.145. The van der Waals surface area contributed by atoms with Gasteiger partial charge in [-0.25, -0.2) is 0 Å². The second-order valence-corrected chi connectivity index (χ2v) is 10.7. The lowest BCUT2D eigenvalue weighted by molar-refractivity contribution is -0.870. The van der Waals surface area contributed by atoms with E-state index in [0.717, 1.165) is 43.1 Å². The predicted octanol–water partition coefficient (Wildman–Crippen LogP) is 5.33. The highest BCUT2D eigenvalue weighted by Gasteiger charge is 2.20. The summed E-state index contributed by atoms with van der Waals surface area (Å²) in [6.45, 7) is 6.52. The molecule has 1 atom stereocenters. The Morgan fingerprint density at radius 2 is 1.37 bits per heavy atom. The fourth-order valence-corrected chi connectivity index (χ4v) is 3.87. The number of hydrogen-bond acceptors (Lipinski definition) is 3. The zero-order valence-electron chi connectivity index (χ0n) is 18.2. The zero-order valence-corrected chi connectivity index (χ0v) is 19.1. The van der Waals surface area contributed by atoms with Gasteiger partial charge in [0.1, 0.15) is 13.2 Å². The Kier molecular flexibility index (Phi) is 14.3. The molecule has 0 aliphatic carbocycles. The molecule has 0 heterocycles. The van der Waals surface area contributed by atoms with Crippen molar-refractivity contribution < 1.29 is 23.3 Å². The minimum Gasteiger partial charge on any atom is -0.329 e. The van der Waals surface area contributed by atoms with Gasteiger partial charge in [-0.05, 0) is 25.3 Å². The van der Waals surface area contributed by atoms with Gasteiger partial charge in [0.25, 0.3) is 0 Å². The summed E-state index contributed by atoms with van der Waals surface area (Å²) in [7, 11) is 2.71. The number of allylic oxidation sites excluding steroid dienone is 1. The Bertz CT molecular complexity index is 471. The van der Waals surface area contributed by atoms with Crippen molar-refractivity contribution in [2.75, 3.05) is 40.5 Å². The van der Waals surface area contributed by atoms with Crippen LogP contribution in [0.4, 0.5) is 0 Å². The van der Waals surface area contributed by atoms with Crippen molar-refractivity contribution in [3.8, 4) is 0 Å². The number of quaternary nitrogens is 1. The van der Waals surface area contributed by atoms with Crippen LogP contribution in [0.15, 0.2) is 12.2 Å². The van der Waals surface area contributed by atoms with Crippen molar-refractivity contribution in [3.63, 3.8) is 0 Å². The summed E-state index contributed by atoms with van der Waals surface area (Å²) in [5.41, 5.74) is 0.670. The SMILES string of the molecule is C=C(C)C(=O)CCCCCCCCCCCCP(=O)(O)OCC[N+](C)(C)C. The van der Waals surface area contributed by atoms with E-state index in [1.807, 2.05) is 21.1 Å². The number of unbranched alkanes of at least 4 members (excludes halogenated alkanes) is 9. The molecule has 5 nitrogen and oxygen atoms in total. The number of nitrogens with zero attached hydrogens (tertiary/aromatic N) is 1. The van der Waals surface area contributed by atoms with Crippen LogP contribution < -0.4 is 0 Å². The molecule has 27 heavy (non-hydrogen) atoms. The third kappa shape index (κ3) is 18.6. The summed E-state index contributed by atoms with van der Waals surface area (Å²) in [5, 5.41) is 0. The van der Waals surface area contributed by atoms with Gasteiger partial charge >= 0.3 is 7.60 Å². The minimum absolute atomic E-state index is 0.196. The van der Waals surface area contributed by atoms with Crippen LogP contribution in [-0.4, -0.2) is 55.6 Å². The molecule has 0 aromatic rings. The fourth-order valence-electron chi connectivity index (χ4n) is 2.75. The molecule has 0 fully saturated rings. The molecule has 0 saturated heterocycles. The summed E-state index contributed by atoms with van der Waals surface area (Å²) in [6.07, 6.45) is 12.0. The van der Waals surface area contributed by atoms with Crippen molar-refractivity contribution in [2.45, 2.75) is 77.6 Å². The van der Waals surface area contributed by atoms with Crippen LogP contribution in [0.25, 0.3) is 0 Å². The van der Waals surface area contributed by atoms with Gasteiger partial charge in [-0.1, -0.05) is 57.9 Å². The van der Waals surface area contributed by atoms with Crippen LogP contribution in [-0.2, 0) is 13.9 Å². The van der Waals surface area contributed by atoms with Crippen LogP contribution in [0.3, 0.4) is 0 Å². The number of hydrogen-bond donors (Lipinski definition) is 1. The van der Waals surface area contributed by atoms with Gasteiger partial charge in [0, 0.05) is 12.6 Å². The van der Waals surface area contributed by atoms with Gasteiger partial charge in [0.2, 0.25) is 0 Å². The molecule has 0 spiro atoms. The lowest BCUT2D eigenvalue weighted by Crippen LogP contribution is -2.37. The molecule has 0 bridgehead atoms. The van der Waals surface area contributed by atoms with Crippen molar-refractivity contribution in [3.05, 3.63) is 12.2 Å². The molecule has 0 aromatic heterocycles. The molecule has 6 heteroatoms. The maximum absolute atomic E-state index is 11.9. The predicted molar refractivity (Wildman–Crippen MR) is 114 cm³/mol. The topological polar surface area (TPSA) is 63.6 Å². The number of carbonyl (C=O) groups is 1. The van der Waals surface area contributed by atoms with E-state index >= 15 is 0 Å².